The summed E-state index contributed by atoms with van der Waals surface area (Å²) in [5.41, 5.74) is -1.32. The molecule has 4 heteroatoms. The van der Waals surface area contributed by atoms with Crippen LogP contribution in [0.15, 0.2) is 0 Å². The molecule has 4 N–H and O–H groups in total. The van der Waals surface area contributed by atoms with Crippen LogP contribution in [0.25, 0.3) is 0 Å². The number of hydrogen-bond donors (Lipinski definition) is 4. The Kier molecular flexibility index (Phi) is 4.55. The van der Waals surface area contributed by atoms with Crippen molar-refractivity contribution in [1.29, 1.82) is 0 Å². The maximum absolute atomic E-state index is 9.22. The molecule has 0 aromatic carbocycles. The summed E-state index contributed by atoms with van der Waals surface area (Å²) in [4.78, 5) is 0. The number of aliphatic hydroxyl groups is 3. The van der Waals surface area contributed by atoms with E-state index < -0.39 is 18.8 Å². The standard InChI is InChI=1S/C6H15NO3/c1-7-3-2-6(10,4-8)5-9/h7-10H,2-5H2,1H3. The van der Waals surface area contributed by atoms with E-state index in [-0.39, 0.29) is 0 Å². The first-order valence-electron chi connectivity index (χ1n) is 3.27. The molecular formula is C6H15NO3. The second kappa shape index (κ2) is 4.62. The summed E-state index contributed by atoms with van der Waals surface area (Å²) in [6.45, 7) is -0.214. The van der Waals surface area contributed by atoms with Gasteiger partial charge in [-0.2, -0.15) is 0 Å². The first-order chi connectivity index (χ1) is 4.68. The van der Waals surface area contributed by atoms with Gasteiger partial charge in [-0.15, -0.1) is 0 Å². The maximum atomic E-state index is 9.22. The molecule has 0 fully saturated rings. The number of hydrogen-bond acceptors (Lipinski definition) is 4. The Morgan fingerprint density at radius 2 is 1.80 bits per heavy atom. The van der Waals surface area contributed by atoms with Crippen LogP contribution in [0.3, 0.4) is 0 Å². The average molecular weight is 149 g/mol. The van der Waals surface area contributed by atoms with Gasteiger partial charge >= 0.3 is 0 Å². The lowest BCUT2D eigenvalue weighted by Gasteiger charge is -2.22. The predicted octanol–water partition coefficient (Wildman–Crippen LogP) is -1.69. The molecule has 0 bridgehead atoms. The summed E-state index contributed by atoms with van der Waals surface area (Å²) in [5.74, 6) is 0. The molecule has 0 aliphatic carbocycles. The number of rotatable bonds is 5. The van der Waals surface area contributed by atoms with Crippen molar-refractivity contribution in [3.8, 4) is 0 Å². The van der Waals surface area contributed by atoms with Crippen LogP contribution in [0.1, 0.15) is 6.42 Å². The molecule has 0 aromatic heterocycles. The third-order valence-corrected chi connectivity index (χ3v) is 1.43. The van der Waals surface area contributed by atoms with Crippen molar-refractivity contribution in [3.63, 3.8) is 0 Å². The molecule has 0 aliphatic rings. The summed E-state index contributed by atoms with van der Waals surface area (Å²) in [7, 11) is 1.75. The molecule has 0 amide bonds. The molecule has 62 valence electrons. The van der Waals surface area contributed by atoms with Crippen LogP contribution in [0.2, 0.25) is 0 Å². The van der Waals surface area contributed by atoms with Crippen molar-refractivity contribution in [2.75, 3.05) is 26.8 Å². The van der Waals surface area contributed by atoms with Gasteiger partial charge in [0.05, 0.1) is 13.2 Å². The average Bonchev–Trinajstić information content (AvgIpc) is 2.00. The van der Waals surface area contributed by atoms with E-state index >= 15 is 0 Å². The zero-order chi connectivity index (χ0) is 8.04. The van der Waals surface area contributed by atoms with Crippen molar-refractivity contribution in [2.45, 2.75) is 12.0 Å². The molecule has 0 atom stereocenters. The van der Waals surface area contributed by atoms with E-state index in [1.807, 2.05) is 0 Å². The smallest absolute Gasteiger partial charge is 0.112 e. The molecule has 0 rings (SSSR count). The van der Waals surface area contributed by atoms with Crippen molar-refractivity contribution in [1.82, 2.24) is 5.32 Å². The fourth-order valence-electron chi connectivity index (χ4n) is 0.566. The van der Waals surface area contributed by atoms with Gasteiger partial charge in [0.25, 0.3) is 0 Å². The van der Waals surface area contributed by atoms with Crippen LogP contribution >= 0.6 is 0 Å². The highest BCUT2D eigenvalue weighted by molar-refractivity contribution is 4.76. The van der Waals surface area contributed by atoms with Crippen LogP contribution in [0.4, 0.5) is 0 Å². The van der Waals surface area contributed by atoms with Crippen molar-refractivity contribution < 1.29 is 15.3 Å². The molecule has 10 heavy (non-hydrogen) atoms. The Labute approximate surface area is 60.5 Å². The van der Waals surface area contributed by atoms with Crippen LogP contribution in [-0.2, 0) is 0 Å². The molecule has 0 saturated carbocycles. The maximum Gasteiger partial charge on any atom is 0.112 e. The van der Waals surface area contributed by atoms with E-state index in [0.717, 1.165) is 0 Å². The normalized spacial score (nSPS) is 12.0. The summed E-state index contributed by atoms with van der Waals surface area (Å²) in [5, 5.41) is 29.2. The largest absolute Gasteiger partial charge is 0.393 e. The molecule has 0 aromatic rings. The van der Waals surface area contributed by atoms with Crippen molar-refractivity contribution >= 4 is 0 Å². The van der Waals surface area contributed by atoms with Gasteiger partial charge in [0.1, 0.15) is 5.60 Å². The Hall–Kier alpha value is -0.160. The van der Waals surface area contributed by atoms with Gasteiger partial charge in [-0.25, -0.2) is 0 Å². The molecular weight excluding hydrogens is 134 g/mol. The molecule has 0 heterocycles. The molecule has 4 nitrogen and oxygen atoms in total. The summed E-state index contributed by atoms with van der Waals surface area (Å²) in [6.07, 6.45) is 0.358. The Bertz CT molecular complexity index is 83.1. The van der Waals surface area contributed by atoms with E-state index in [9.17, 15) is 5.11 Å². The van der Waals surface area contributed by atoms with E-state index in [0.29, 0.717) is 13.0 Å². The highest BCUT2D eigenvalue weighted by Gasteiger charge is 2.23. The minimum Gasteiger partial charge on any atom is -0.393 e. The van der Waals surface area contributed by atoms with Gasteiger partial charge in [0.15, 0.2) is 0 Å². The zero-order valence-electron chi connectivity index (χ0n) is 6.17. The van der Waals surface area contributed by atoms with E-state index in [1.54, 1.807) is 7.05 Å². The molecule has 0 radical (unpaired) electrons. The third-order valence-electron chi connectivity index (χ3n) is 1.43. The lowest BCUT2D eigenvalue weighted by molar-refractivity contribution is -0.0593. The molecule has 0 aliphatic heterocycles. The Balaban J connectivity index is 3.58. The predicted molar refractivity (Wildman–Crippen MR) is 37.7 cm³/mol. The van der Waals surface area contributed by atoms with Crippen LogP contribution in [0.5, 0.6) is 0 Å². The second-order valence-electron chi connectivity index (χ2n) is 2.39. The zero-order valence-corrected chi connectivity index (χ0v) is 6.17. The third kappa shape index (κ3) is 3.12. The van der Waals surface area contributed by atoms with Gasteiger partial charge in [-0.05, 0) is 20.0 Å². The highest BCUT2D eigenvalue weighted by Crippen LogP contribution is 2.06. The Morgan fingerprint density at radius 3 is 2.10 bits per heavy atom. The van der Waals surface area contributed by atoms with Crippen LogP contribution < -0.4 is 5.32 Å². The first-order valence-corrected chi connectivity index (χ1v) is 3.27. The fourth-order valence-corrected chi connectivity index (χ4v) is 0.566. The van der Waals surface area contributed by atoms with Gasteiger partial charge in [-0.3, -0.25) is 0 Å². The molecule has 0 unspecified atom stereocenters. The van der Waals surface area contributed by atoms with Gasteiger partial charge in [0, 0.05) is 0 Å². The molecule has 0 spiro atoms. The number of nitrogens with one attached hydrogen (secondary N) is 1. The Morgan fingerprint density at radius 1 is 1.30 bits per heavy atom. The summed E-state index contributed by atoms with van der Waals surface area (Å²) >= 11 is 0. The summed E-state index contributed by atoms with van der Waals surface area (Å²) in [6, 6.07) is 0. The van der Waals surface area contributed by atoms with E-state index in [2.05, 4.69) is 5.32 Å². The monoisotopic (exact) mass is 149 g/mol. The quantitative estimate of drug-likeness (QED) is 0.376. The SMILES string of the molecule is CNCCC(O)(CO)CO. The lowest BCUT2D eigenvalue weighted by Crippen LogP contribution is -2.39. The van der Waals surface area contributed by atoms with Crippen molar-refractivity contribution in [2.24, 2.45) is 0 Å². The number of aliphatic hydroxyl groups excluding tert-OH is 2. The second-order valence-corrected chi connectivity index (χ2v) is 2.39. The minimum absolute atomic E-state index is 0.358. The van der Waals surface area contributed by atoms with Crippen molar-refractivity contribution in [3.05, 3.63) is 0 Å². The fraction of sp³-hybridized carbons (Fsp3) is 1.00. The van der Waals surface area contributed by atoms with Gasteiger partial charge in [0.2, 0.25) is 0 Å². The molecule has 0 saturated heterocycles. The topological polar surface area (TPSA) is 72.7 Å². The van der Waals surface area contributed by atoms with Crippen LogP contribution in [-0.4, -0.2) is 47.7 Å². The van der Waals surface area contributed by atoms with E-state index in [1.165, 1.54) is 0 Å². The van der Waals surface area contributed by atoms with Crippen LogP contribution in [0, 0.1) is 0 Å². The van der Waals surface area contributed by atoms with Gasteiger partial charge < -0.3 is 20.6 Å². The minimum atomic E-state index is -1.32. The van der Waals surface area contributed by atoms with Gasteiger partial charge in [-0.1, -0.05) is 0 Å². The lowest BCUT2D eigenvalue weighted by atomic mass is 10.0. The summed E-state index contributed by atoms with van der Waals surface area (Å²) < 4.78 is 0. The highest BCUT2D eigenvalue weighted by atomic mass is 16.4. The van der Waals surface area contributed by atoms with E-state index in [4.69, 9.17) is 10.2 Å². The first kappa shape index (κ1) is 9.84.